The van der Waals surface area contributed by atoms with Gasteiger partial charge in [-0.3, -0.25) is 0 Å². The third-order valence-electron chi connectivity index (χ3n) is 4.17. The Morgan fingerprint density at radius 3 is 3.05 bits per heavy atom. The van der Waals surface area contributed by atoms with Crippen LogP contribution >= 0.6 is 15.9 Å². The van der Waals surface area contributed by atoms with Crippen molar-refractivity contribution in [3.8, 4) is 0 Å². The SMILES string of the molecule is CN[C@@H]1CCN(c2nc(N)nc3c2oc2ccc(Br)cc23)C1. The van der Waals surface area contributed by atoms with Crippen molar-refractivity contribution in [1.82, 2.24) is 15.3 Å². The smallest absolute Gasteiger partial charge is 0.222 e. The van der Waals surface area contributed by atoms with Crippen LogP contribution in [0.1, 0.15) is 6.42 Å². The van der Waals surface area contributed by atoms with Crippen LogP contribution in [0.5, 0.6) is 0 Å². The summed E-state index contributed by atoms with van der Waals surface area (Å²) in [4.78, 5) is 11.0. The van der Waals surface area contributed by atoms with Crippen LogP contribution in [0.25, 0.3) is 22.1 Å². The lowest BCUT2D eigenvalue weighted by molar-refractivity contribution is 0.615. The van der Waals surface area contributed by atoms with Crippen molar-refractivity contribution < 1.29 is 4.42 Å². The maximum absolute atomic E-state index is 6.01. The number of rotatable bonds is 2. The Hall–Kier alpha value is -1.86. The third kappa shape index (κ3) is 2.12. The van der Waals surface area contributed by atoms with Crippen molar-refractivity contribution >= 4 is 49.8 Å². The number of nitrogen functional groups attached to an aromatic ring is 1. The molecule has 0 unspecified atom stereocenters. The predicted molar refractivity (Wildman–Crippen MR) is 91.1 cm³/mol. The second kappa shape index (κ2) is 5.10. The first-order valence-electron chi connectivity index (χ1n) is 7.23. The highest BCUT2D eigenvalue weighted by Gasteiger charge is 2.26. The minimum absolute atomic E-state index is 0.276. The molecule has 0 radical (unpaired) electrons. The van der Waals surface area contributed by atoms with Crippen LogP contribution < -0.4 is 16.0 Å². The van der Waals surface area contributed by atoms with Crippen molar-refractivity contribution in [1.29, 1.82) is 0 Å². The van der Waals surface area contributed by atoms with E-state index in [0.29, 0.717) is 11.6 Å². The Morgan fingerprint density at radius 1 is 1.41 bits per heavy atom. The molecule has 3 N–H and O–H groups in total. The fourth-order valence-electron chi connectivity index (χ4n) is 3.02. The Kier molecular flexibility index (Phi) is 3.19. The van der Waals surface area contributed by atoms with Crippen molar-refractivity contribution in [3.05, 3.63) is 22.7 Å². The first kappa shape index (κ1) is 13.8. The molecule has 1 aromatic carbocycles. The van der Waals surface area contributed by atoms with E-state index in [4.69, 9.17) is 10.2 Å². The summed E-state index contributed by atoms with van der Waals surface area (Å²) in [5.74, 6) is 1.06. The highest BCUT2D eigenvalue weighted by atomic mass is 79.9. The summed E-state index contributed by atoms with van der Waals surface area (Å²) < 4.78 is 7.00. The Bertz CT molecular complexity index is 862. The molecule has 3 aromatic rings. The van der Waals surface area contributed by atoms with E-state index in [2.05, 4.69) is 36.1 Å². The molecule has 0 aliphatic carbocycles. The van der Waals surface area contributed by atoms with Crippen molar-refractivity contribution in [2.45, 2.75) is 12.5 Å². The van der Waals surface area contributed by atoms with E-state index in [9.17, 15) is 0 Å². The molecule has 3 heterocycles. The zero-order chi connectivity index (χ0) is 15.3. The lowest BCUT2D eigenvalue weighted by atomic mass is 10.2. The molecule has 2 aromatic heterocycles. The molecule has 22 heavy (non-hydrogen) atoms. The van der Waals surface area contributed by atoms with Gasteiger partial charge in [-0.15, -0.1) is 0 Å². The number of nitrogens with zero attached hydrogens (tertiary/aromatic N) is 3. The molecule has 1 fully saturated rings. The van der Waals surface area contributed by atoms with Gasteiger partial charge in [0.05, 0.1) is 0 Å². The summed E-state index contributed by atoms with van der Waals surface area (Å²) >= 11 is 3.49. The number of aromatic nitrogens is 2. The standard InChI is InChI=1S/C15H16BrN5O/c1-18-9-4-5-21(7-9)14-13-12(19-15(17)20-14)10-6-8(16)2-3-11(10)22-13/h2-3,6,9,18H,4-5,7H2,1H3,(H2,17,19,20)/t9-/m1/s1. The Morgan fingerprint density at radius 2 is 2.27 bits per heavy atom. The molecule has 1 aliphatic rings. The number of furan rings is 1. The molecule has 0 amide bonds. The second-order valence-electron chi connectivity index (χ2n) is 5.55. The normalized spacial score (nSPS) is 18.6. The number of hydrogen-bond acceptors (Lipinski definition) is 6. The second-order valence-corrected chi connectivity index (χ2v) is 6.46. The van der Waals surface area contributed by atoms with Gasteiger partial charge in [-0.05, 0) is 31.7 Å². The molecular weight excluding hydrogens is 346 g/mol. The number of anilines is 2. The van der Waals surface area contributed by atoms with Crippen molar-refractivity contribution in [2.24, 2.45) is 0 Å². The molecule has 6 nitrogen and oxygen atoms in total. The summed E-state index contributed by atoms with van der Waals surface area (Å²) in [5, 5.41) is 4.26. The van der Waals surface area contributed by atoms with Crippen LogP contribution in [0.3, 0.4) is 0 Å². The van der Waals surface area contributed by atoms with E-state index >= 15 is 0 Å². The summed E-state index contributed by atoms with van der Waals surface area (Å²) in [6.07, 6.45) is 1.08. The maximum Gasteiger partial charge on any atom is 0.222 e. The van der Waals surface area contributed by atoms with E-state index in [1.807, 2.05) is 25.2 Å². The molecule has 4 rings (SSSR count). The number of halogens is 1. The number of benzene rings is 1. The number of likely N-dealkylation sites (N-methyl/N-ethyl adjacent to an activating group) is 1. The minimum atomic E-state index is 0.276. The molecule has 114 valence electrons. The molecule has 0 saturated carbocycles. The van der Waals surface area contributed by atoms with Gasteiger partial charge in [0.2, 0.25) is 5.95 Å². The number of nitrogens with one attached hydrogen (secondary N) is 1. The zero-order valence-electron chi connectivity index (χ0n) is 12.1. The van der Waals surface area contributed by atoms with Gasteiger partial charge in [-0.25, -0.2) is 4.98 Å². The highest BCUT2D eigenvalue weighted by molar-refractivity contribution is 9.10. The summed E-state index contributed by atoms with van der Waals surface area (Å²) in [6.45, 7) is 1.82. The molecule has 1 aliphatic heterocycles. The van der Waals surface area contributed by atoms with E-state index in [1.165, 1.54) is 0 Å². The minimum Gasteiger partial charge on any atom is -0.450 e. The van der Waals surface area contributed by atoms with Crippen LogP contribution in [0.2, 0.25) is 0 Å². The first-order chi connectivity index (χ1) is 10.7. The average molecular weight is 362 g/mol. The average Bonchev–Trinajstić information content (AvgIpc) is 3.11. The number of hydrogen-bond donors (Lipinski definition) is 2. The van der Waals surface area contributed by atoms with Gasteiger partial charge < -0.3 is 20.4 Å². The van der Waals surface area contributed by atoms with Gasteiger partial charge in [0.15, 0.2) is 11.4 Å². The zero-order valence-corrected chi connectivity index (χ0v) is 13.7. The van der Waals surface area contributed by atoms with Gasteiger partial charge in [0.25, 0.3) is 0 Å². The first-order valence-corrected chi connectivity index (χ1v) is 8.02. The van der Waals surface area contributed by atoms with Gasteiger partial charge in [-0.1, -0.05) is 15.9 Å². The lowest BCUT2D eigenvalue weighted by Crippen LogP contribution is -2.30. The Labute approximate surface area is 135 Å². The quantitative estimate of drug-likeness (QED) is 0.729. The van der Waals surface area contributed by atoms with Crippen LogP contribution in [-0.2, 0) is 0 Å². The van der Waals surface area contributed by atoms with E-state index < -0.39 is 0 Å². The predicted octanol–water partition coefficient (Wildman–Crippen LogP) is 2.52. The fraction of sp³-hybridized carbons (Fsp3) is 0.333. The molecule has 1 saturated heterocycles. The van der Waals surface area contributed by atoms with Gasteiger partial charge in [0.1, 0.15) is 11.1 Å². The monoisotopic (exact) mass is 361 g/mol. The molecule has 1 atom stereocenters. The van der Waals surface area contributed by atoms with Gasteiger partial charge >= 0.3 is 0 Å². The summed E-state index contributed by atoms with van der Waals surface area (Å²) in [6, 6.07) is 6.34. The molecule has 7 heteroatoms. The Balaban J connectivity index is 1.93. The van der Waals surface area contributed by atoms with Gasteiger partial charge in [-0.2, -0.15) is 4.98 Å². The lowest BCUT2D eigenvalue weighted by Gasteiger charge is -2.17. The van der Waals surface area contributed by atoms with Crippen molar-refractivity contribution in [2.75, 3.05) is 30.8 Å². The maximum atomic E-state index is 6.01. The number of fused-ring (bicyclic) bond motifs is 3. The molecular formula is C15H16BrN5O. The highest BCUT2D eigenvalue weighted by Crippen LogP contribution is 2.35. The molecule has 0 bridgehead atoms. The van der Waals surface area contributed by atoms with Crippen LogP contribution in [-0.4, -0.2) is 36.1 Å². The van der Waals surface area contributed by atoms with E-state index in [0.717, 1.165) is 46.3 Å². The number of nitrogens with two attached hydrogens (primary N) is 1. The summed E-state index contributed by atoms with van der Waals surface area (Å²) in [7, 11) is 1.98. The van der Waals surface area contributed by atoms with E-state index in [-0.39, 0.29) is 5.95 Å². The largest absolute Gasteiger partial charge is 0.450 e. The fourth-order valence-corrected chi connectivity index (χ4v) is 3.38. The van der Waals surface area contributed by atoms with Gasteiger partial charge in [0, 0.05) is 29.0 Å². The van der Waals surface area contributed by atoms with Crippen LogP contribution in [0, 0.1) is 0 Å². The van der Waals surface area contributed by atoms with Crippen molar-refractivity contribution in [3.63, 3.8) is 0 Å². The van der Waals surface area contributed by atoms with E-state index in [1.54, 1.807) is 0 Å². The third-order valence-corrected chi connectivity index (χ3v) is 4.66. The van der Waals surface area contributed by atoms with Crippen LogP contribution in [0.4, 0.5) is 11.8 Å². The molecule has 0 spiro atoms. The topological polar surface area (TPSA) is 80.2 Å². The van der Waals surface area contributed by atoms with Crippen LogP contribution in [0.15, 0.2) is 27.1 Å². The summed E-state index contributed by atoms with van der Waals surface area (Å²) in [5.41, 5.74) is 8.20.